The summed E-state index contributed by atoms with van der Waals surface area (Å²) in [5.74, 6) is -0.0468. The van der Waals surface area contributed by atoms with Gasteiger partial charge in [0.2, 0.25) is 15.9 Å². The van der Waals surface area contributed by atoms with Crippen molar-refractivity contribution in [1.82, 2.24) is 9.88 Å². The van der Waals surface area contributed by atoms with Crippen LogP contribution >= 0.6 is 0 Å². The van der Waals surface area contributed by atoms with Crippen molar-refractivity contribution in [3.05, 3.63) is 89.8 Å². The number of hydrogen-bond donors (Lipinski definition) is 2. The predicted octanol–water partition coefficient (Wildman–Crippen LogP) is 5.34. The van der Waals surface area contributed by atoms with Crippen LogP contribution in [0.15, 0.2) is 71.8 Å². The Balaban J connectivity index is 1.18. The molecule has 0 unspecified atom stereocenters. The molecule has 42 heavy (non-hydrogen) atoms. The molecule has 3 aromatic rings. The van der Waals surface area contributed by atoms with Gasteiger partial charge in [0, 0.05) is 24.7 Å². The van der Waals surface area contributed by atoms with E-state index < -0.39 is 33.5 Å². The first-order valence-electron chi connectivity index (χ1n) is 14.1. The Bertz CT molecular complexity index is 1540. The number of nitrogens with zero attached hydrogens (tertiary/aromatic N) is 2. The number of nitrogens with one attached hydrogen (secondary N) is 2. The highest BCUT2D eigenvalue weighted by atomic mass is 32.2. The number of aryl methyl sites for hydroxylation is 1. The number of carbonyl (C=O) groups excluding carboxylic acids is 2. The highest BCUT2D eigenvalue weighted by molar-refractivity contribution is 7.90. The SMILES string of the molecule is C=CCS(=O)(=O)NC(=O)C1(c2ccc(N3CCC(c4onc(C)c4NC(=O)O[C@H](C)c4ccccc4)CC3)cc2)CC1. The fraction of sp³-hybridized carbons (Fsp3) is 0.387. The molecule has 2 amide bonds. The van der Waals surface area contributed by atoms with Gasteiger partial charge in [0.05, 0.1) is 11.2 Å². The van der Waals surface area contributed by atoms with Gasteiger partial charge in [0.15, 0.2) is 5.76 Å². The molecule has 0 bridgehead atoms. The van der Waals surface area contributed by atoms with Crippen molar-refractivity contribution < 1.29 is 27.3 Å². The van der Waals surface area contributed by atoms with Crippen molar-refractivity contribution in [2.75, 3.05) is 29.1 Å². The fourth-order valence-electron chi connectivity index (χ4n) is 5.50. The van der Waals surface area contributed by atoms with Gasteiger partial charge in [0.1, 0.15) is 17.5 Å². The molecule has 0 spiro atoms. The van der Waals surface area contributed by atoms with E-state index in [1.54, 1.807) is 6.92 Å². The van der Waals surface area contributed by atoms with Crippen LogP contribution in [0.1, 0.15) is 67.2 Å². The molecular weight excluding hydrogens is 556 g/mol. The molecule has 2 aromatic carbocycles. The number of rotatable bonds is 10. The molecule has 0 radical (unpaired) electrons. The first-order chi connectivity index (χ1) is 20.1. The van der Waals surface area contributed by atoms with Crippen LogP contribution in [0.3, 0.4) is 0 Å². The normalized spacial score (nSPS) is 17.2. The lowest BCUT2D eigenvalue weighted by Gasteiger charge is -2.33. The molecule has 1 atom stereocenters. The zero-order valence-corrected chi connectivity index (χ0v) is 24.7. The van der Waals surface area contributed by atoms with E-state index in [1.165, 1.54) is 6.08 Å². The van der Waals surface area contributed by atoms with Gasteiger partial charge in [-0.2, -0.15) is 0 Å². The van der Waals surface area contributed by atoms with Crippen molar-refractivity contribution in [3.63, 3.8) is 0 Å². The zero-order chi connectivity index (χ0) is 29.9. The van der Waals surface area contributed by atoms with Gasteiger partial charge in [-0.3, -0.25) is 14.8 Å². The molecule has 2 N–H and O–H groups in total. The van der Waals surface area contributed by atoms with Gasteiger partial charge < -0.3 is 14.2 Å². The highest BCUT2D eigenvalue weighted by Gasteiger charge is 2.52. The number of anilines is 2. The topological polar surface area (TPSA) is 131 Å². The number of benzene rings is 2. The standard InChI is InChI=1S/C31H36N4O6S/c1-4-20-42(38,39)34-29(36)31(16-17-31)25-10-12-26(13-11-25)35-18-14-24(15-19-35)28-27(21(2)33-41-28)32-30(37)40-22(3)23-8-6-5-7-9-23/h4-13,22,24H,1,14-20H2,2-3H3,(H,32,37)(H,34,36)/t22-/m1/s1. The second-order valence-corrected chi connectivity index (χ2v) is 12.7. The number of hydrogen-bond acceptors (Lipinski definition) is 8. The minimum absolute atomic E-state index is 0.0829. The molecule has 10 nitrogen and oxygen atoms in total. The number of amides is 2. The molecule has 1 aliphatic carbocycles. The molecule has 1 saturated heterocycles. The minimum atomic E-state index is -3.73. The Morgan fingerprint density at radius 1 is 1.14 bits per heavy atom. The summed E-state index contributed by atoms with van der Waals surface area (Å²) in [5, 5.41) is 6.96. The first-order valence-corrected chi connectivity index (χ1v) is 15.8. The molecule has 1 aliphatic heterocycles. The quantitative estimate of drug-likeness (QED) is 0.302. The Labute approximate surface area is 246 Å². The maximum Gasteiger partial charge on any atom is 0.412 e. The van der Waals surface area contributed by atoms with Gasteiger partial charge in [-0.05, 0) is 62.8 Å². The van der Waals surface area contributed by atoms with Crippen LogP contribution in [0.5, 0.6) is 0 Å². The Kier molecular flexibility index (Phi) is 8.40. The largest absolute Gasteiger partial charge is 0.441 e. The summed E-state index contributed by atoms with van der Waals surface area (Å²) in [6.45, 7) is 8.59. The summed E-state index contributed by atoms with van der Waals surface area (Å²) in [4.78, 5) is 27.8. The van der Waals surface area contributed by atoms with Gasteiger partial charge in [-0.1, -0.05) is 53.7 Å². The fourth-order valence-corrected chi connectivity index (χ4v) is 6.37. The summed E-state index contributed by atoms with van der Waals surface area (Å²) in [6, 6.07) is 17.3. The number of carbonyl (C=O) groups is 2. The van der Waals surface area contributed by atoms with E-state index in [1.807, 2.05) is 61.5 Å². The maximum atomic E-state index is 12.8. The van der Waals surface area contributed by atoms with Crippen LogP contribution in [0.2, 0.25) is 0 Å². The monoisotopic (exact) mass is 592 g/mol. The Morgan fingerprint density at radius 3 is 2.43 bits per heavy atom. The third-order valence-corrected chi connectivity index (χ3v) is 9.26. The van der Waals surface area contributed by atoms with Crippen molar-refractivity contribution in [2.45, 2.75) is 57.0 Å². The summed E-state index contributed by atoms with van der Waals surface area (Å²) < 4.78 is 37.6. The first kappa shape index (κ1) is 29.4. The van der Waals surface area contributed by atoms with Crippen molar-refractivity contribution in [3.8, 4) is 0 Å². The number of aromatic nitrogens is 1. The molecule has 2 fully saturated rings. The summed E-state index contributed by atoms with van der Waals surface area (Å²) in [6.07, 6.45) is 3.12. The van der Waals surface area contributed by atoms with E-state index in [9.17, 15) is 18.0 Å². The van der Waals surface area contributed by atoms with Crippen molar-refractivity contribution in [1.29, 1.82) is 0 Å². The summed E-state index contributed by atoms with van der Waals surface area (Å²) >= 11 is 0. The number of piperidine rings is 1. The summed E-state index contributed by atoms with van der Waals surface area (Å²) in [7, 11) is -3.73. The third-order valence-electron chi connectivity index (χ3n) is 8.09. The Hall–Kier alpha value is -4.12. The van der Waals surface area contributed by atoms with Gasteiger partial charge >= 0.3 is 6.09 Å². The van der Waals surface area contributed by atoms with E-state index in [0.29, 0.717) is 30.0 Å². The van der Waals surface area contributed by atoms with Crippen molar-refractivity contribution >= 4 is 33.4 Å². The van der Waals surface area contributed by atoms with Crippen LogP contribution in [-0.2, 0) is 25.0 Å². The van der Waals surface area contributed by atoms with E-state index in [0.717, 1.165) is 42.7 Å². The lowest BCUT2D eigenvalue weighted by atomic mass is 9.92. The van der Waals surface area contributed by atoms with E-state index in [2.05, 4.69) is 26.7 Å². The average Bonchev–Trinajstić information content (AvgIpc) is 3.72. The van der Waals surface area contributed by atoms with Crippen LogP contribution in [0, 0.1) is 6.92 Å². The van der Waals surface area contributed by atoms with E-state index >= 15 is 0 Å². The second kappa shape index (κ2) is 12.0. The van der Waals surface area contributed by atoms with E-state index in [4.69, 9.17) is 9.26 Å². The van der Waals surface area contributed by atoms with Gasteiger partial charge in [-0.15, -0.1) is 6.58 Å². The molecule has 2 aliphatic rings. The number of sulfonamides is 1. The predicted molar refractivity (Wildman–Crippen MR) is 160 cm³/mol. The van der Waals surface area contributed by atoms with Crippen LogP contribution in [0.25, 0.3) is 0 Å². The summed E-state index contributed by atoms with van der Waals surface area (Å²) in [5.41, 5.74) is 3.11. The molecule has 1 saturated carbocycles. The molecule has 222 valence electrons. The molecule has 5 rings (SSSR count). The smallest absolute Gasteiger partial charge is 0.412 e. The lowest BCUT2D eigenvalue weighted by Crippen LogP contribution is -2.39. The van der Waals surface area contributed by atoms with Gasteiger partial charge in [-0.25, -0.2) is 13.2 Å². The minimum Gasteiger partial charge on any atom is -0.441 e. The lowest BCUT2D eigenvalue weighted by molar-refractivity contribution is -0.121. The van der Waals surface area contributed by atoms with Crippen LogP contribution < -0.4 is 14.9 Å². The van der Waals surface area contributed by atoms with Crippen molar-refractivity contribution in [2.24, 2.45) is 0 Å². The maximum absolute atomic E-state index is 12.8. The third kappa shape index (κ3) is 6.35. The molecular formula is C31H36N4O6S. The molecule has 1 aromatic heterocycles. The highest BCUT2D eigenvalue weighted by Crippen LogP contribution is 2.49. The van der Waals surface area contributed by atoms with Gasteiger partial charge in [0.25, 0.3) is 0 Å². The van der Waals surface area contributed by atoms with Crippen LogP contribution in [0.4, 0.5) is 16.2 Å². The second-order valence-electron chi connectivity index (χ2n) is 11.0. The number of ether oxygens (including phenoxy) is 1. The molecule has 2 heterocycles. The zero-order valence-electron chi connectivity index (χ0n) is 23.8. The Morgan fingerprint density at radius 2 is 1.81 bits per heavy atom. The van der Waals surface area contributed by atoms with Crippen LogP contribution in [-0.4, -0.2) is 44.4 Å². The molecule has 11 heteroatoms. The van der Waals surface area contributed by atoms with E-state index in [-0.39, 0.29) is 11.7 Å². The average molecular weight is 593 g/mol.